The summed E-state index contributed by atoms with van der Waals surface area (Å²) in [5.74, 6) is 3.02. The molecule has 8 heteroatoms. The fourth-order valence-corrected chi connectivity index (χ4v) is 4.18. The summed E-state index contributed by atoms with van der Waals surface area (Å²) in [7, 11) is 0. The van der Waals surface area contributed by atoms with E-state index in [0.29, 0.717) is 27.3 Å². The van der Waals surface area contributed by atoms with Crippen molar-refractivity contribution in [2.75, 3.05) is 6.79 Å². The number of carbonyl (C=O) groups is 1. The van der Waals surface area contributed by atoms with Gasteiger partial charge in [0, 0.05) is 18.2 Å². The van der Waals surface area contributed by atoms with Gasteiger partial charge in [0.05, 0.1) is 22.1 Å². The summed E-state index contributed by atoms with van der Waals surface area (Å²) in [4.78, 5) is 29.6. The Bertz CT molecular complexity index is 1470. The second kappa shape index (κ2) is 6.65. The monoisotopic (exact) mass is 404 g/mol. The molecular weight excluding hydrogens is 392 g/mol. The van der Waals surface area contributed by atoms with Gasteiger partial charge in [0.2, 0.25) is 6.79 Å². The van der Waals surface area contributed by atoms with Gasteiger partial charge >= 0.3 is 5.91 Å². The molecule has 0 saturated carbocycles. The highest BCUT2D eigenvalue weighted by atomic mass is 32.1. The summed E-state index contributed by atoms with van der Waals surface area (Å²) in [6.07, 6.45) is 5.51. The fraction of sp³-hybridized carbons (Fsp3) is 0.0952. The van der Waals surface area contributed by atoms with Gasteiger partial charge in [-0.25, -0.2) is 0 Å². The third-order valence-electron chi connectivity index (χ3n) is 4.47. The van der Waals surface area contributed by atoms with Crippen LogP contribution in [0.5, 0.6) is 11.5 Å². The third-order valence-corrected chi connectivity index (χ3v) is 5.51. The predicted octanol–water partition coefficient (Wildman–Crippen LogP) is 2.91. The highest BCUT2D eigenvalue weighted by Gasteiger charge is 2.18. The predicted molar refractivity (Wildman–Crippen MR) is 107 cm³/mol. The molecule has 1 aliphatic rings. The molecule has 29 heavy (non-hydrogen) atoms. The van der Waals surface area contributed by atoms with E-state index in [1.165, 1.54) is 11.3 Å². The van der Waals surface area contributed by atoms with Gasteiger partial charge in [-0.15, -0.1) is 6.42 Å². The zero-order valence-corrected chi connectivity index (χ0v) is 15.7. The van der Waals surface area contributed by atoms with Crippen molar-refractivity contribution in [3.8, 4) is 23.8 Å². The summed E-state index contributed by atoms with van der Waals surface area (Å²) in [6.45, 7) is 0.381. The molecule has 2 aromatic carbocycles. The summed E-state index contributed by atoms with van der Waals surface area (Å²) < 4.78 is 19.0. The maximum absolute atomic E-state index is 12.7. The van der Waals surface area contributed by atoms with E-state index in [1.807, 2.05) is 12.1 Å². The lowest BCUT2D eigenvalue weighted by Gasteiger charge is -2.01. The number of ether oxygens (including phenoxy) is 2. The number of hydrogen-bond donors (Lipinski definition) is 0. The number of carbonyl (C=O) groups excluding carboxylic acids is 1. The zero-order valence-electron chi connectivity index (χ0n) is 14.9. The first-order valence-electron chi connectivity index (χ1n) is 8.62. The van der Waals surface area contributed by atoms with Crippen LogP contribution < -0.4 is 19.7 Å². The SMILES string of the molecule is C#CCn1c(=NC(=O)c2cc(=O)c3ccccc3o2)sc2cc3c(cc21)OCO3. The van der Waals surface area contributed by atoms with Crippen LogP contribution in [0.25, 0.3) is 21.2 Å². The van der Waals surface area contributed by atoms with Crippen molar-refractivity contribution in [2.24, 2.45) is 4.99 Å². The normalized spacial score (nSPS) is 13.1. The van der Waals surface area contributed by atoms with Crippen LogP contribution in [-0.2, 0) is 6.54 Å². The van der Waals surface area contributed by atoms with E-state index in [1.54, 1.807) is 28.8 Å². The number of nitrogens with zero attached hydrogens (tertiary/aromatic N) is 2. The minimum Gasteiger partial charge on any atom is -0.454 e. The highest BCUT2D eigenvalue weighted by Crippen LogP contribution is 2.36. The van der Waals surface area contributed by atoms with E-state index in [-0.39, 0.29) is 24.5 Å². The maximum Gasteiger partial charge on any atom is 0.315 e. The van der Waals surface area contributed by atoms with Crippen molar-refractivity contribution in [1.82, 2.24) is 4.57 Å². The number of thiazole rings is 1. The molecule has 0 atom stereocenters. The van der Waals surface area contributed by atoms with E-state index < -0.39 is 5.91 Å². The van der Waals surface area contributed by atoms with E-state index in [0.717, 1.165) is 16.3 Å². The van der Waals surface area contributed by atoms with Gasteiger partial charge in [-0.1, -0.05) is 29.4 Å². The number of hydrogen-bond acceptors (Lipinski definition) is 6. The number of aromatic nitrogens is 1. The lowest BCUT2D eigenvalue weighted by atomic mass is 10.2. The van der Waals surface area contributed by atoms with E-state index in [2.05, 4.69) is 10.9 Å². The molecule has 142 valence electrons. The molecule has 0 N–H and O–H groups in total. The first-order chi connectivity index (χ1) is 14.1. The quantitative estimate of drug-likeness (QED) is 0.480. The highest BCUT2D eigenvalue weighted by molar-refractivity contribution is 7.16. The van der Waals surface area contributed by atoms with Crippen LogP contribution in [0.1, 0.15) is 10.6 Å². The van der Waals surface area contributed by atoms with Crippen molar-refractivity contribution in [3.05, 3.63) is 63.2 Å². The van der Waals surface area contributed by atoms with E-state index in [4.69, 9.17) is 20.3 Å². The minimum atomic E-state index is -0.662. The Morgan fingerprint density at radius 3 is 2.83 bits per heavy atom. The molecule has 0 spiro atoms. The molecule has 0 aliphatic carbocycles. The Balaban J connectivity index is 1.67. The molecule has 1 amide bonds. The second-order valence-corrected chi connectivity index (χ2v) is 7.25. The maximum atomic E-state index is 12.7. The third kappa shape index (κ3) is 2.88. The van der Waals surface area contributed by atoms with Gasteiger partial charge in [0.25, 0.3) is 0 Å². The average molecular weight is 404 g/mol. The molecular formula is C21H12N2O5S. The molecule has 0 unspecified atom stereocenters. The summed E-state index contributed by atoms with van der Waals surface area (Å²) in [5.41, 5.74) is 0.810. The fourth-order valence-electron chi connectivity index (χ4n) is 3.14. The van der Waals surface area contributed by atoms with Crippen molar-refractivity contribution in [1.29, 1.82) is 0 Å². The Kier molecular flexibility index (Phi) is 3.96. The topological polar surface area (TPSA) is 83.0 Å². The van der Waals surface area contributed by atoms with Gasteiger partial charge in [0.15, 0.2) is 27.5 Å². The van der Waals surface area contributed by atoms with Gasteiger partial charge < -0.3 is 18.5 Å². The van der Waals surface area contributed by atoms with Crippen LogP contribution in [0.3, 0.4) is 0 Å². The zero-order chi connectivity index (χ0) is 20.0. The van der Waals surface area contributed by atoms with Crippen molar-refractivity contribution < 1.29 is 18.7 Å². The molecule has 3 heterocycles. The van der Waals surface area contributed by atoms with E-state index >= 15 is 0 Å². The van der Waals surface area contributed by atoms with Crippen LogP contribution in [-0.4, -0.2) is 17.3 Å². The Labute approximate surface area is 167 Å². The van der Waals surface area contributed by atoms with Gasteiger partial charge in [-0.2, -0.15) is 4.99 Å². The number of terminal acetylenes is 1. The number of amides is 1. The average Bonchev–Trinajstić information content (AvgIpc) is 3.30. The smallest absolute Gasteiger partial charge is 0.315 e. The summed E-state index contributed by atoms with van der Waals surface area (Å²) >= 11 is 1.29. The van der Waals surface area contributed by atoms with Gasteiger partial charge in [-0.05, 0) is 12.1 Å². The van der Waals surface area contributed by atoms with Crippen LogP contribution in [0.15, 0.2) is 56.7 Å². The van der Waals surface area contributed by atoms with Crippen LogP contribution in [0.2, 0.25) is 0 Å². The lowest BCUT2D eigenvalue weighted by molar-refractivity contribution is 0.0972. The van der Waals surface area contributed by atoms with Crippen molar-refractivity contribution >= 4 is 38.4 Å². The van der Waals surface area contributed by atoms with Crippen LogP contribution in [0.4, 0.5) is 0 Å². The largest absolute Gasteiger partial charge is 0.454 e. The Morgan fingerprint density at radius 1 is 1.21 bits per heavy atom. The van der Waals surface area contributed by atoms with Crippen molar-refractivity contribution in [3.63, 3.8) is 0 Å². The van der Waals surface area contributed by atoms with Gasteiger partial charge in [-0.3, -0.25) is 9.59 Å². The first kappa shape index (κ1) is 17.3. The number of benzene rings is 2. The molecule has 0 bridgehead atoms. The number of fused-ring (bicyclic) bond motifs is 3. The molecule has 0 radical (unpaired) electrons. The molecule has 0 fully saturated rings. The van der Waals surface area contributed by atoms with E-state index in [9.17, 15) is 9.59 Å². The summed E-state index contributed by atoms with van der Waals surface area (Å²) in [6, 6.07) is 11.5. The second-order valence-electron chi connectivity index (χ2n) is 6.24. The van der Waals surface area contributed by atoms with Crippen molar-refractivity contribution in [2.45, 2.75) is 6.54 Å². The first-order valence-corrected chi connectivity index (χ1v) is 9.44. The van der Waals surface area contributed by atoms with Crippen LogP contribution >= 0.6 is 11.3 Å². The summed E-state index contributed by atoms with van der Waals surface area (Å²) in [5, 5.41) is 0.405. The molecule has 0 saturated heterocycles. The van der Waals surface area contributed by atoms with Crippen LogP contribution in [0, 0.1) is 12.3 Å². The molecule has 4 aromatic rings. The molecule has 2 aromatic heterocycles. The Morgan fingerprint density at radius 2 is 2.00 bits per heavy atom. The molecule has 7 nitrogen and oxygen atoms in total. The number of rotatable bonds is 2. The lowest BCUT2D eigenvalue weighted by Crippen LogP contribution is -2.17. The van der Waals surface area contributed by atoms with Gasteiger partial charge in [0.1, 0.15) is 5.58 Å². The number of para-hydroxylation sites is 1. The Hall–Kier alpha value is -3.83. The molecule has 1 aliphatic heterocycles. The standard InChI is InChI=1S/C21H12N2O5S/c1-2-7-23-13-8-16-17(27-11-26-16)10-19(13)29-21(23)22-20(25)18-9-14(24)12-5-3-4-6-15(12)28-18/h1,3-6,8-10H,7,11H2. The molecule has 5 rings (SSSR count). The minimum absolute atomic E-state index is 0.132.